The minimum absolute atomic E-state index is 0.0175. The molecule has 0 atom stereocenters. The van der Waals surface area contributed by atoms with Crippen LogP contribution in [-0.4, -0.2) is 34.1 Å². The first-order valence-corrected chi connectivity index (χ1v) is 11.2. The molecule has 0 heterocycles. The first-order valence-electron chi connectivity index (χ1n) is 9.30. The molecular weight excluding hydrogens is 416 g/mol. The van der Waals surface area contributed by atoms with E-state index in [-0.39, 0.29) is 28.2 Å². The molecule has 2 aromatic carbocycles. The number of benzene rings is 2. The second-order valence-corrected chi connectivity index (χ2v) is 8.24. The summed E-state index contributed by atoms with van der Waals surface area (Å²) in [4.78, 5) is 11.7. The topological polar surface area (TPSA) is 93.7 Å². The molecule has 0 saturated heterocycles. The van der Waals surface area contributed by atoms with Gasteiger partial charge in [0.15, 0.2) is 6.61 Å². The summed E-state index contributed by atoms with van der Waals surface area (Å²) in [7, 11) is -3.83. The lowest BCUT2D eigenvalue weighted by atomic mass is 10.3. The molecule has 158 valence electrons. The number of carbonyl (C=O) groups is 1. The van der Waals surface area contributed by atoms with Gasteiger partial charge in [0.2, 0.25) is 0 Å². The standard InChI is InChI=1S/C20H25ClN2O5S/c1-3-5-12-22-20(24)14-28-19-11-10-17(13-18(19)21)29(25,26)23-15-6-8-16(9-7-15)27-4-2/h6-11,13,23H,3-5,12,14H2,1-2H3,(H,22,24). The van der Waals surface area contributed by atoms with E-state index in [1.54, 1.807) is 24.3 Å². The van der Waals surface area contributed by atoms with Gasteiger partial charge in [-0.25, -0.2) is 8.42 Å². The number of anilines is 1. The number of hydrogen-bond acceptors (Lipinski definition) is 5. The predicted molar refractivity (Wildman–Crippen MR) is 113 cm³/mol. The van der Waals surface area contributed by atoms with Crippen molar-refractivity contribution < 1.29 is 22.7 Å². The summed E-state index contributed by atoms with van der Waals surface area (Å²) in [6.07, 6.45) is 1.87. The molecule has 0 aromatic heterocycles. The van der Waals surface area contributed by atoms with E-state index in [9.17, 15) is 13.2 Å². The fourth-order valence-electron chi connectivity index (χ4n) is 2.36. The van der Waals surface area contributed by atoms with Crippen LogP contribution in [-0.2, 0) is 14.8 Å². The van der Waals surface area contributed by atoms with Crippen LogP contribution in [0.4, 0.5) is 5.69 Å². The zero-order valence-corrected chi connectivity index (χ0v) is 18.0. The van der Waals surface area contributed by atoms with Crippen LogP contribution in [0.2, 0.25) is 5.02 Å². The maximum absolute atomic E-state index is 12.6. The minimum Gasteiger partial charge on any atom is -0.494 e. The zero-order chi connectivity index (χ0) is 21.3. The average molecular weight is 441 g/mol. The highest BCUT2D eigenvalue weighted by Crippen LogP contribution is 2.28. The Labute approximate surface area is 176 Å². The van der Waals surface area contributed by atoms with Gasteiger partial charge in [-0.15, -0.1) is 0 Å². The normalized spacial score (nSPS) is 11.0. The Hall–Kier alpha value is -2.45. The Bertz CT molecular complexity index is 917. The summed E-state index contributed by atoms with van der Waals surface area (Å²) in [6, 6.07) is 10.6. The van der Waals surface area contributed by atoms with Crippen molar-refractivity contribution in [1.82, 2.24) is 5.32 Å². The van der Waals surface area contributed by atoms with Crippen LogP contribution in [0.3, 0.4) is 0 Å². The third-order valence-electron chi connectivity index (χ3n) is 3.84. The molecule has 0 fully saturated rings. The van der Waals surface area contributed by atoms with Crippen LogP contribution < -0.4 is 19.5 Å². The number of rotatable bonds is 11. The number of sulfonamides is 1. The molecule has 0 bridgehead atoms. The van der Waals surface area contributed by atoms with Gasteiger partial charge in [-0.1, -0.05) is 24.9 Å². The monoisotopic (exact) mass is 440 g/mol. The lowest BCUT2D eigenvalue weighted by molar-refractivity contribution is -0.123. The number of ether oxygens (including phenoxy) is 2. The molecule has 1 amide bonds. The van der Waals surface area contributed by atoms with Crippen LogP contribution in [0.15, 0.2) is 47.4 Å². The summed E-state index contributed by atoms with van der Waals surface area (Å²) < 4.78 is 38.4. The molecule has 0 aliphatic heterocycles. The number of unbranched alkanes of at least 4 members (excludes halogenated alkanes) is 1. The van der Waals surface area contributed by atoms with E-state index in [4.69, 9.17) is 21.1 Å². The van der Waals surface area contributed by atoms with Gasteiger partial charge in [0, 0.05) is 12.2 Å². The van der Waals surface area contributed by atoms with Gasteiger partial charge in [-0.3, -0.25) is 9.52 Å². The number of halogens is 1. The number of amides is 1. The van der Waals surface area contributed by atoms with Gasteiger partial charge < -0.3 is 14.8 Å². The second kappa shape index (κ2) is 10.9. The Kier molecular flexibility index (Phi) is 8.60. The summed E-state index contributed by atoms with van der Waals surface area (Å²) >= 11 is 6.14. The lowest BCUT2D eigenvalue weighted by Gasteiger charge is -2.12. The van der Waals surface area contributed by atoms with Crippen LogP contribution in [0.25, 0.3) is 0 Å². The number of carbonyl (C=O) groups excluding carboxylic acids is 1. The lowest BCUT2D eigenvalue weighted by Crippen LogP contribution is -2.29. The molecule has 7 nitrogen and oxygen atoms in total. The van der Waals surface area contributed by atoms with Crippen molar-refractivity contribution in [2.75, 3.05) is 24.5 Å². The number of nitrogens with one attached hydrogen (secondary N) is 2. The van der Waals surface area contributed by atoms with E-state index in [2.05, 4.69) is 10.0 Å². The van der Waals surface area contributed by atoms with Gasteiger partial charge in [-0.05, 0) is 55.8 Å². The third-order valence-corrected chi connectivity index (χ3v) is 5.52. The van der Waals surface area contributed by atoms with Crippen molar-refractivity contribution >= 4 is 33.2 Å². The highest BCUT2D eigenvalue weighted by molar-refractivity contribution is 7.92. The Morgan fingerprint density at radius 3 is 2.41 bits per heavy atom. The van der Waals surface area contributed by atoms with Gasteiger partial charge in [0.05, 0.1) is 16.5 Å². The third kappa shape index (κ3) is 7.14. The maximum atomic E-state index is 12.6. The van der Waals surface area contributed by atoms with E-state index >= 15 is 0 Å². The summed E-state index contributed by atoms with van der Waals surface area (Å²) in [6.45, 7) is 4.81. The molecule has 0 radical (unpaired) electrons. The Balaban J connectivity index is 2.01. The smallest absolute Gasteiger partial charge is 0.261 e. The molecule has 0 saturated carbocycles. The van der Waals surface area contributed by atoms with E-state index in [0.29, 0.717) is 24.6 Å². The van der Waals surface area contributed by atoms with Crippen molar-refractivity contribution in [1.29, 1.82) is 0 Å². The minimum atomic E-state index is -3.83. The molecule has 29 heavy (non-hydrogen) atoms. The van der Waals surface area contributed by atoms with E-state index in [1.165, 1.54) is 18.2 Å². The summed E-state index contributed by atoms with van der Waals surface area (Å²) in [5, 5.41) is 2.82. The first kappa shape index (κ1) is 22.8. The Morgan fingerprint density at radius 2 is 1.79 bits per heavy atom. The maximum Gasteiger partial charge on any atom is 0.261 e. The molecule has 0 aliphatic rings. The molecular formula is C20H25ClN2O5S. The van der Waals surface area contributed by atoms with Crippen LogP contribution in [0.5, 0.6) is 11.5 Å². The van der Waals surface area contributed by atoms with Gasteiger partial charge in [-0.2, -0.15) is 0 Å². The van der Waals surface area contributed by atoms with E-state index in [1.807, 2.05) is 13.8 Å². The fraction of sp³-hybridized carbons (Fsp3) is 0.350. The van der Waals surface area contributed by atoms with Crippen molar-refractivity contribution in [3.05, 3.63) is 47.5 Å². The van der Waals surface area contributed by atoms with Gasteiger partial charge in [0.25, 0.3) is 15.9 Å². The SMILES string of the molecule is CCCCNC(=O)COc1ccc(S(=O)(=O)Nc2ccc(OCC)cc2)cc1Cl. The van der Waals surface area contributed by atoms with Gasteiger partial charge >= 0.3 is 0 Å². The molecule has 0 spiro atoms. The van der Waals surface area contributed by atoms with Gasteiger partial charge in [0.1, 0.15) is 11.5 Å². The molecule has 2 rings (SSSR count). The van der Waals surface area contributed by atoms with E-state index in [0.717, 1.165) is 12.8 Å². The predicted octanol–water partition coefficient (Wildman–Crippen LogP) is 3.83. The molecule has 2 aromatic rings. The Morgan fingerprint density at radius 1 is 1.07 bits per heavy atom. The highest BCUT2D eigenvalue weighted by atomic mass is 35.5. The van der Waals surface area contributed by atoms with E-state index < -0.39 is 10.0 Å². The first-order chi connectivity index (χ1) is 13.9. The van der Waals surface area contributed by atoms with Crippen molar-refractivity contribution in [2.24, 2.45) is 0 Å². The van der Waals surface area contributed by atoms with Crippen LogP contribution >= 0.6 is 11.6 Å². The molecule has 0 unspecified atom stereocenters. The largest absolute Gasteiger partial charge is 0.494 e. The number of hydrogen-bond donors (Lipinski definition) is 2. The summed E-state index contributed by atoms with van der Waals surface area (Å²) in [5.41, 5.74) is 0.397. The van der Waals surface area contributed by atoms with Crippen LogP contribution in [0.1, 0.15) is 26.7 Å². The molecule has 9 heteroatoms. The highest BCUT2D eigenvalue weighted by Gasteiger charge is 2.17. The van der Waals surface area contributed by atoms with Crippen molar-refractivity contribution in [3.63, 3.8) is 0 Å². The zero-order valence-electron chi connectivity index (χ0n) is 16.4. The second-order valence-electron chi connectivity index (χ2n) is 6.15. The quantitative estimate of drug-likeness (QED) is 0.518. The molecule has 2 N–H and O–H groups in total. The fourth-order valence-corrected chi connectivity index (χ4v) is 3.75. The van der Waals surface area contributed by atoms with Crippen molar-refractivity contribution in [3.8, 4) is 11.5 Å². The molecule has 0 aliphatic carbocycles. The summed E-state index contributed by atoms with van der Waals surface area (Å²) in [5.74, 6) is 0.624. The van der Waals surface area contributed by atoms with Crippen molar-refractivity contribution in [2.45, 2.75) is 31.6 Å². The average Bonchev–Trinajstić information content (AvgIpc) is 2.68. The van der Waals surface area contributed by atoms with Crippen LogP contribution in [0, 0.1) is 0 Å².